The zero-order valence-electron chi connectivity index (χ0n) is 12.6. The Morgan fingerprint density at radius 1 is 1.52 bits per heavy atom. The van der Waals surface area contributed by atoms with Crippen molar-refractivity contribution in [2.45, 2.75) is 25.8 Å². The van der Waals surface area contributed by atoms with Gasteiger partial charge in [0.25, 0.3) is 0 Å². The Bertz CT molecular complexity index is 499. The number of rotatable bonds is 7. The number of hydrogen-bond donors (Lipinski definition) is 0. The normalized spacial score (nSPS) is 18.6. The first-order valence-corrected chi connectivity index (χ1v) is 7.32. The summed E-state index contributed by atoms with van der Waals surface area (Å²) in [6.07, 6.45) is 5.55. The van der Waals surface area contributed by atoms with Crippen molar-refractivity contribution >= 4 is 5.91 Å². The topological polar surface area (TPSA) is 49.6 Å². The quantitative estimate of drug-likeness (QED) is 0.723. The Labute approximate surface area is 125 Å². The second-order valence-corrected chi connectivity index (χ2v) is 5.38. The molecule has 1 aromatic rings. The summed E-state index contributed by atoms with van der Waals surface area (Å²) in [5, 5.41) is 3.95. The second-order valence-electron chi connectivity index (χ2n) is 5.38. The predicted octanol–water partition coefficient (Wildman–Crippen LogP) is 2.32. The molecule has 0 radical (unpaired) electrons. The minimum atomic E-state index is 0.0953. The summed E-state index contributed by atoms with van der Waals surface area (Å²) in [6, 6.07) is 2.11. The number of aromatic nitrogens is 1. The van der Waals surface area contributed by atoms with E-state index in [4.69, 9.17) is 4.52 Å². The van der Waals surface area contributed by atoms with Gasteiger partial charge in [-0.3, -0.25) is 9.69 Å². The third kappa shape index (κ3) is 3.82. The van der Waals surface area contributed by atoms with Crippen LogP contribution in [0.5, 0.6) is 0 Å². The van der Waals surface area contributed by atoms with Gasteiger partial charge in [0.2, 0.25) is 5.91 Å². The summed E-state index contributed by atoms with van der Waals surface area (Å²) in [5.74, 6) is 0.953. The van der Waals surface area contributed by atoms with Crippen LogP contribution in [-0.4, -0.2) is 47.0 Å². The van der Waals surface area contributed by atoms with E-state index < -0.39 is 0 Å². The van der Waals surface area contributed by atoms with Crippen molar-refractivity contribution in [3.8, 4) is 0 Å². The largest absolute Gasteiger partial charge is 0.359 e. The van der Waals surface area contributed by atoms with Crippen LogP contribution >= 0.6 is 0 Å². The molecule has 0 N–H and O–H groups in total. The average Bonchev–Trinajstić information content (AvgIpc) is 3.07. The molecule has 1 aliphatic heterocycles. The van der Waals surface area contributed by atoms with Gasteiger partial charge in [0.1, 0.15) is 0 Å². The smallest absolute Gasteiger partial charge is 0.237 e. The van der Waals surface area contributed by atoms with Crippen LogP contribution in [0.25, 0.3) is 0 Å². The molecule has 1 aromatic heterocycles. The van der Waals surface area contributed by atoms with Crippen molar-refractivity contribution in [2.75, 3.05) is 26.2 Å². The minimum absolute atomic E-state index is 0.0953. The third-order valence-corrected chi connectivity index (χ3v) is 3.73. The molecule has 2 heterocycles. The highest BCUT2D eigenvalue weighted by atomic mass is 16.5. The first kappa shape index (κ1) is 15.5. The van der Waals surface area contributed by atoms with Crippen LogP contribution in [0.1, 0.15) is 30.3 Å². The molecule has 1 amide bonds. The Kier molecular flexibility index (Phi) is 5.33. The maximum atomic E-state index is 12.4. The number of aryl methyl sites for hydroxylation is 1. The Hall–Kier alpha value is -1.88. The van der Waals surface area contributed by atoms with Crippen molar-refractivity contribution in [3.63, 3.8) is 0 Å². The van der Waals surface area contributed by atoms with Crippen molar-refractivity contribution in [2.24, 2.45) is 0 Å². The van der Waals surface area contributed by atoms with Gasteiger partial charge in [-0.1, -0.05) is 17.3 Å². The highest BCUT2D eigenvalue weighted by molar-refractivity contribution is 5.78. The van der Waals surface area contributed by atoms with Crippen LogP contribution < -0.4 is 0 Å². The van der Waals surface area contributed by atoms with E-state index in [1.54, 1.807) is 17.1 Å². The van der Waals surface area contributed by atoms with Gasteiger partial charge >= 0.3 is 0 Å². The van der Waals surface area contributed by atoms with Crippen LogP contribution in [0.3, 0.4) is 0 Å². The Morgan fingerprint density at radius 3 is 2.81 bits per heavy atom. The fourth-order valence-corrected chi connectivity index (χ4v) is 2.74. The fourth-order valence-electron chi connectivity index (χ4n) is 2.74. The van der Waals surface area contributed by atoms with Gasteiger partial charge in [-0.05, 0) is 26.3 Å². The summed E-state index contributed by atoms with van der Waals surface area (Å²) in [6.45, 7) is 11.7. The zero-order valence-corrected chi connectivity index (χ0v) is 12.6. The Balaban J connectivity index is 2.01. The lowest BCUT2D eigenvalue weighted by molar-refractivity contribution is -0.131. The standard InChI is InChI=1S/C16H23N3O2/c1-4-8-18(9-5-2)16(20)12-19-10-6-7-14(19)15-11-13(3)17-21-15/h4-5,11,14H,1-2,6-10,12H2,3H3/t14-/m0/s1. The molecular formula is C16H23N3O2. The number of carbonyl (C=O) groups is 1. The lowest BCUT2D eigenvalue weighted by Crippen LogP contribution is -2.40. The molecule has 1 fully saturated rings. The first-order chi connectivity index (χ1) is 10.2. The first-order valence-electron chi connectivity index (χ1n) is 7.32. The maximum absolute atomic E-state index is 12.4. The van der Waals surface area contributed by atoms with Gasteiger partial charge in [0.15, 0.2) is 5.76 Å². The minimum Gasteiger partial charge on any atom is -0.359 e. The molecule has 0 bridgehead atoms. The fraction of sp³-hybridized carbons (Fsp3) is 0.500. The molecule has 0 saturated carbocycles. The summed E-state index contributed by atoms with van der Waals surface area (Å²) in [4.78, 5) is 16.3. The number of hydrogen-bond acceptors (Lipinski definition) is 4. The highest BCUT2D eigenvalue weighted by Crippen LogP contribution is 2.31. The van der Waals surface area contributed by atoms with E-state index in [0.717, 1.165) is 30.8 Å². The SMILES string of the molecule is C=CCN(CC=C)C(=O)CN1CCC[C@H]1c1cc(C)no1. The molecule has 1 saturated heterocycles. The van der Waals surface area contributed by atoms with Gasteiger partial charge < -0.3 is 9.42 Å². The van der Waals surface area contributed by atoms with Gasteiger partial charge in [-0.2, -0.15) is 0 Å². The van der Waals surface area contributed by atoms with Crippen molar-refractivity contribution in [3.05, 3.63) is 42.8 Å². The highest BCUT2D eigenvalue weighted by Gasteiger charge is 2.31. The average molecular weight is 289 g/mol. The molecule has 21 heavy (non-hydrogen) atoms. The predicted molar refractivity (Wildman–Crippen MR) is 81.8 cm³/mol. The van der Waals surface area contributed by atoms with E-state index in [1.165, 1.54) is 0 Å². The molecular weight excluding hydrogens is 266 g/mol. The van der Waals surface area contributed by atoms with E-state index in [-0.39, 0.29) is 11.9 Å². The molecule has 2 rings (SSSR count). The number of nitrogens with zero attached hydrogens (tertiary/aromatic N) is 3. The number of amides is 1. The molecule has 114 valence electrons. The van der Waals surface area contributed by atoms with Crippen LogP contribution in [0.2, 0.25) is 0 Å². The van der Waals surface area contributed by atoms with Gasteiger partial charge in [0, 0.05) is 19.2 Å². The molecule has 1 atom stereocenters. The second kappa shape index (κ2) is 7.22. The summed E-state index contributed by atoms with van der Waals surface area (Å²) in [5.41, 5.74) is 0.878. The molecule has 0 spiro atoms. The van der Waals surface area contributed by atoms with Crippen LogP contribution in [0.15, 0.2) is 35.9 Å². The van der Waals surface area contributed by atoms with E-state index in [1.807, 2.05) is 13.0 Å². The van der Waals surface area contributed by atoms with E-state index in [2.05, 4.69) is 23.2 Å². The lowest BCUT2D eigenvalue weighted by Gasteiger charge is -2.26. The molecule has 0 aromatic carbocycles. The van der Waals surface area contributed by atoms with Crippen molar-refractivity contribution < 1.29 is 9.32 Å². The Morgan fingerprint density at radius 2 is 2.24 bits per heavy atom. The van der Waals surface area contributed by atoms with Crippen molar-refractivity contribution in [1.82, 2.24) is 15.0 Å². The third-order valence-electron chi connectivity index (χ3n) is 3.73. The van der Waals surface area contributed by atoms with E-state index in [9.17, 15) is 4.79 Å². The molecule has 5 nitrogen and oxygen atoms in total. The lowest BCUT2D eigenvalue weighted by atomic mass is 10.1. The maximum Gasteiger partial charge on any atom is 0.237 e. The number of carbonyl (C=O) groups excluding carboxylic acids is 1. The van der Waals surface area contributed by atoms with Gasteiger partial charge in [-0.25, -0.2) is 0 Å². The molecule has 0 unspecified atom stereocenters. The van der Waals surface area contributed by atoms with Gasteiger partial charge in [0.05, 0.1) is 18.3 Å². The van der Waals surface area contributed by atoms with E-state index in [0.29, 0.717) is 19.6 Å². The summed E-state index contributed by atoms with van der Waals surface area (Å²) >= 11 is 0. The monoisotopic (exact) mass is 289 g/mol. The molecule has 5 heteroatoms. The zero-order chi connectivity index (χ0) is 15.2. The molecule has 0 aliphatic carbocycles. The van der Waals surface area contributed by atoms with Crippen molar-refractivity contribution in [1.29, 1.82) is 0 Å². The van der Waals surface area contributed by atoms with E-state index >= 15 is 0 Å². The summed E-state index contributed by atoms with van der Waals surface area (Å²) in [7, 11) is 0. The number of likely N-dealkylation sites (tertiary alicyclic amines) is 1. The summed E-state index contributed by atoms with van der Waals surface area (Å²) < 4.78 is 5.37. The van der Waals surface area contributed by atoms with Crippen LogP contribution in [0, 0.1) is 6.92 Å². The molecule has 1 aliphatic rings. The van der Waals surface area contributed by atoms with Crippen LogP contribution in [-0.2, 0) is 4.79 Å². The van der Waals surface area contributed by atoms with Crippen LogP contribution in [0.4, 0.5) is 0 Å². The van der Waals surface area contributed by atoms with Gasteiger partial charge in [-0.15, -0.1) is 13.2 Å².